The van der Waals surface area contributed by atoms with Crippen molar-refractivity contribution in [3.63, 3.8) is 0 Å². The lowest BCUT2D eigenvalue weighted by molar-refractivity contribution is -0.123. The number of halogens is 3. The molecule has 1 aromatic heterocycles. The summed E-state index contributed by atoms with van der Waals surface area (Å²) in [6, 6.07) is 16.1. The molecule has 0 aliphatic rings. The summed E-state index contributed by atoms with van der Waals surface area (Å²) in [6.07, 6.45) is -1.36. The number of para-hydroxylation sites is 1. The van der Waals surface area contributed by atoms with E-state index in [9.17, 15) is 22.8 Å². The fourth-order valence-electron chi connectivity index (χ4n) is 3.72. The summed E-state index contributed by atoms with van der Waals surface area (Å²) >= 11 is 0. The largest absolute Gasteiger partial charge is 0.449 e. The van der Waals surface area contributed by atoms with Gasteiger partial charge in [-0.3, -0.25) is 4.79 Å². The van der Waals surface area contributed by atoms with Gasteiger partial charge in [0.2, 0.25) is 0 Å². The monoisotopic (exact) mass is 478 g/mol. The number of esters is 1. The van der Waals surface area contributed by atoms with Crippen LogP contribution in [0.2, 0.25) is 0 Å². The summed E-state index contributed by atoms with van der Waals surface area (Å²) < 4.78 is 45.8. The normalized spacial score (nSPS) is 11.8. The van der Waals surface area contributed by atoms with E-state index in [1.54, 1.807) is 30.3 Å². The van der Waals surface area contributed by atoms with Gasteiger partial charge in [0.25, 0.3) is 5.91 Å². The lowest BCUT2D eigenvalue weighted by Gasteiger charge is -2.16. The summed E-state index contributed by atoms with van der Waals surface area (Å²) in [4.78, 5) is 30.3. The zero-order valence-corrected chi connectivity index (χ0v) is 19.2. The lowest BCUT2D eigenvalue weighted by Crippen LogP contribution is -2.30. The lowest BCUT2D eigenvalue weighted by atomic mass is 9.99. The van der Waals surface area contributed by atoms with Crippen LogP contribution in [0.4, 0.5) is 18.9 Å². The third kappa shape index (κ3) is 4.87. The van der Waals surface area contributed by atoms with Gasteiger partial charge in [-0.15, -0.1) is 0 Å². The van der Waals surface area contributed by atoms with Gasteiger partial charge in [-0.1, -0.05) is 42.0 Å². The molecule has 5 nitrogen and oxygen atoms in total. The van der Waals surface area contributed by atoms with E-state index >= 15 is 0 Å². The van der Waals surface area contributed by atoms with Crippen molar-refractivity contribution in [3.8, 4) is 11.3 Å². The summed E-state index contributed by atoms with van der Waals surface area (Å²) in [5.41, 5.74) is 3.67. The number of aryl methyl sites for hydroxylation is 2. The first kappa shape index (κ1) is 23.9. The maximum Gasteiger partial charge on any atom is 0.339 e. The van der Waals surface area contributed by atoms with Crippen LogP contribution in [-0.2, 0) is 9.53 Å². The van der Waals surface area contributed by atoms with Gasteiger partial charge in [0.1, 0.15) is 0 Å². The van der Waals surface area contributed by atoms with E-state index in [-0.39, 0.29) is 5.56 Å². The van der Waals surface area contributed by atoms with Gasteiger partial charge in [0.15, 0.2) is 23.6 Å². The highest BCUT2D eigenvalue weighted by molar-refractivity contribution is 6.06. The molecule has 0 saturated heterocycles. The number of rotatable bonds is 5. The zero-order chi connectivity index (χ0) is 25.3. The number of carbonyl (C=O) groups is 2. The van der Waals surface area contributed by atoms with E-state index in [2.05, 4.69) is 10.3 Å². The third-order valence-electron chi connectivity index (χ3n) is 5.54. The molecule has 4 aromatic rings. The van der Waals surface area contributed by atoms with Crippen molar-refractivity contribution >= 4 is 28.5 Å². The highest BCUT2D eigenvalue weighted by Gasteiger charge is 2.24. The van der Waals surface area contributed by atoms with Gasteiger partial charge < -0.3 is 10.1 Å². The third-order valence-corrected chi connectivity index (χ3v) is 5.54. The molecule has 3 aromatic carbocycles. The minimum absolute atomic E-state index is 0.198. The molecule has 0 bridgehead atoms. The number of aromatic nitrogens is 1. The molecule has 1 heterocycles. The van der Waals surface area contributed by atoms with Crippen molar-refractivity contribution < 1.29 is 27.5 Å². The highest BCUT2D eigenvalue weighted by Crippen LogP contribution is 2.28. The van der Waals surface area contributed by atoms with E-state index in [4.69, 9.17) is 4.74 Å². The van der Waals surface area contributed by atoms with Crippen LogP contribution in [0.3, 0.4) is 0 Å². The second kappa shape index (κ2) is 9.58. The first-order chi connectivity index (χ1) is 16.7. The Bertz CT molecular complexity index is 1470. The molecule has 0 radical (unpaired) electrons. The van der Waals surface area contributed by atoms with E-state index in [1.807, 2.05) is 32.0 Å². The van der Waals surface area contributed by atoms with Crippen molar-refractivity contribution in [2.24, 2.45) is 0 Å². The van der Waals surface area contributed by atoms with Crippen LogP contribution in [0.1, 0.15) is 28.4 Å². The van der Waals surface area contributed by atoms with E-state index in [1.165, 1.54) is 6.92 Å². The molecule has 0 saturated carbocycles. The van der Waals surface area contributed by atoms with Crippen molar-refractivity contribution in [1.82, 2.24) is 4.98 Å². The average molecular weight is 478 g/mol. The van der Waals surface area contributed by atoms with Crippen molar-refractivity contribution in [2.45, 2.75) is 26.9 Å². The standard InChI is InChI=1S/C27H21F3N2O3/c1-14-8-9-17(15(2)12-14)23-13-19(18-6-4-5-7-21(18)31-23)27(34)35-16(3)26(33)32-22-11-10-20(28)24(29)25(22)30/h4-13,16H,1-3H3,(H,32,33). The number of anilines is 1. The number of fused-ring (bicyclic) bond motifs is 1. The summed E-state index contributed by atoms with van der Waals surface area (Å²) in [5.74, 6) is -6.34. The Hall–Kier alpha value is -4.20. The van der Waals surface area contributed by atoms with Crippen LogP contribution in [0, 0.1) is 31.3 Å². The predicted molar refractivity (Wildman–Crippen MR) is 126 cm³/mol. The molecule has 8 heteroatoms. The summed E-state index contributed by atoms with van der Waals surface area (Å²) in [6.45, 7) is 5.21. The van der Waals surface area contributed by atoms with Crippen molar-refractivity contribution in [1.29, 1.82) is 0 Å². The van der Waals surface area contributed by atoms with Crippen LogP contribution in [-0.4, -0.2) is 23.0 Å². The Morgan fingerprint density at radius 3 is 2.43 bits per heavy atom. The van der Waals surface area contributed by atoms with Gasteiger partial charge in [0, 0.05) is 10.9 Å². The fraction of sp³-hybridized carbons (Fsp3) is 0.148. The van der Waals surface area contributed by atoms with E-state index in [0.717, 1.165) is 22.8 Å². The molecule has 0 spiro atoms. The molecule has 0 aliphatic carbocycles. The van der Waals surface area contributed by atoms with Gasteiger partial charge >= 0.3 is 5.97 Å². The van der Waals surface area contributed by atoms with Crippen LogP contribution >= 0.6 is 0 Å². The molecular formula is C27H21F3N2O3. The quantitative estimate of drug-likeness (QED) is 0.277. The van der Waals surface area contributed by atoms with Gasteiger partial charge in [-0.2, -0.15) is 0 Å². The summed E-state index contributed by atoms with van der Waals surface area (Å²) in [5, 5.41) is 2.64. The number of carbonyl (C=O) groups excluding carboxylic acids is 2. The van der Waals surface area contributed by atoms with Gasteiger partial charge in [-0.05, 0) is 50.6 Å². The smallest absolute Gasteiger partial charge is 0.339 e. The fourth-order valence-corrected chi connectivity index (χ4v) is 3.72. The van der Waals surface area contributed by atoms with Crippen molar-refractivity contribution in [2.75, 3.05) is 5.32 Å². The van der Waals surface area contributed by atoms with Gasteiger partial charge in [0.05, 0.1) is 22.5 Å². The van der Waals surface area contributed by atoms with E-state index in [0.29, 0.717) is 22.7 Å². The van der Waals surface area contributed by atoms with Crippen LogP contribution in [0.5, 0.6) is 0 Å². The topological polar surface area (TPSA) is 68.3 Å². The molecule has 0 aliphatic heterocycles. The number of benzene rings is 3. The first-order valence-electron chi connectivity index (χ1n) is 10.8. The molecule has 1 unspecified atom stereocenters. The molecule has 0 fully saturated rings. The minimum Gasteiger partial charge on any atom is -0.449 e. The van der Waals surface area contributed by atoms with Crippen LogP contribution < -0.4 is 5.32 Å². The minimum atomic E-state index is -1.71. The Morgan fingerprint density at radius 2 is 1.69 bits per heavy atom. The number of nitrogens with one attached hydrogen (secondary N) is 1. The number of nitrogens with zero attached hydrogens (tertiary/aromatic N) is 1. The molecule has 4 rings (SSSR count). The molecule has 1 atom stereocenters. The average Bonchev–Trinajstić information content (AvgIpc) is 2.83. The zero-order valence-electron chi connectivity index (χ0n) is 19.2. The first-order valence-corrected chi connectivity index (χ1v) is 10.8. The predicted octanol–water partition coefficient (Wildman–Crippen LogP) is 6.12. The molecule has 1 amide bonds. The molecular weight excluding hydrogens is 457 g/mol. The second-order valence-electron chi connectivity index (χ2n) is 8.15. The number of amides is 1. The summed E-state index contributed by atoms with van der Waals surface area (Å²) in [7, 11) is 0. The number of pyridine rings is 1. The Balaban J connectivity index is 1.63. The number of hydrogen-bond acceptors (Lipinski definition) is 4. The Labute approximate surface area is 199 Å². The van der Waals surface area contributed by atoms with Crippen LogP contribution in [0.25, 0.3) is 22.2 Å². The highest BCUT2D eigenvalue weighted by atomic mass is 19.2. The SMILES string of the molecule is Cc1ccc(-c2cc(C(=O)OC(C)C(=O)Nc3ccc(F)c(F)c3F)c3ccccc3n2)c(C)c1. The molecule has 1 N–H and O–H groups in total. The molecule has 178 valence electrons. The number of ether oxygens (including phenoxy) is 1. The maximum absolute atomic E-state index is 13.9. The second-order valence-corrected chi connectivity index (χ2v) is 8.15. The maximum atomic E-state index is 13.9. The number of hydrogen-bond donors (Lipinski definition) is 1. The van der Waals surface area contributed by atoms with Crippen LogP contribution in [0.15, 0.2) is 60.7 Å². The van der Waals surface area contributed by atoms with Gasteiger partial charge in [-0.25, -0.2) is 22.9 Å². The molecule has 35 heavy (non-hydrogen) atoms. The Kier molecular flexibility index (Phi) is 6.55. The Morgan fingerprint density at radius 1 is 0.943 bits per heavy atom. The van der Waals surface area contributed by atoms with Crippen molar-refractivity contribution in [3.05, 3.63) is 94.8 Å². The van der Waals surface area contributed by atoms with E-state index < -0.39 is 41.1 Å².